The van der Waals surface area contributed by atoms with E-state index in [4.69, 9.17) is 11.6 Å². The van der Waals surface area contributed by atoms with Crippen LogP contribution in [0.15, 0.2) is 23.0 Å². The zero-order valence-corrected chi connectivity index (χ0v) is 6.27. The summed E-state index contributed by atoms with van der Waals surface area (Å²) in [6.07, 6.45) is 0. The number of rotatable bonds is 0. The van der Waals surface area contributed by atoms with E-state index < -0.39 is 0 Å². The van der Waals surface area contributed by atoms with Crippen LogP contribution in [0.1, 0.15) is 0 Å². The Labute approximate surface area is 67.0 Å². The van der Waals surface area contributed by atoms with Crippen LogP contribution in [0.3, 0.4) is 0 Å². The summed E-state index contributed by atoms with van der Waals surface area (Å²) in [5.74, 6) is 0. The molecule has 2 N–H and O–H groups in total. The van der Waals surface area contributed by atoms with E-state index in [1.807, 2.05) is 0 Å². The molecule has 1 aromatic heterocycles. The molecule has 0 aliphatic rings. The highest BCUT2D eigenvalue weighted by Gasteiger charge is 1.99. The van der Waals surface area contributed by atoms with Crippen molar-refractivity contribution in [3.05, 3.63) is 33.7 Å². The first kappa shape index (κ1) is 6.49. The lowest BCUT2D eigenvalue weighted by atomic mass is 10.3. The molecule has 2 aromatic rings. The number of aromatic nitrogens is 2. The number of nitrogens with one attached hydrogen (secondary N) is 2. The predicted octanol–water partition coefficient (Wildman–Crippen LogP) is 1.51. The van der Waals surface area contributed by atoms with Gasteiger partial charge in [-0.1, -0.05) is 17.7 Å². The normalized spacial score (nSPS) is 10.6. The molecular formula is C7H5ClN2O. The molecule has 0 spiro atoms. The number of benzene rings is 1. The molecular weight excluding hydrogens is 164 g/mol. The maximum Gasteiger partial charge on any atom is 0.323 e. The second kappa shape index (κ2) is 2.13. The van der Waals surface area contributed by atoms with Crippen LogP contribution >= 0.6 is 11.6 Å². The van der Waals surface area contributed by atoms with Gasteiger partial charge in [0, 0.05) is 0 Å². The average molecular weight is 169 g/mol. The summed E-state index contributed by atoms with van der Waals surface area (Å²) in [4.78, 5) is 16.0. The van der Waals surface area contributed by atoms with Crippen molar-refractivity contribution in [1.82, 2.24) is 9.97 Å². The molecule has 0 saturated heterocycles. The fourth-order valence-corrected chi connectivity index (χ4v) is 1.24. The third kappa shape index (κ3) is 0.935. The van der Waals surface area contributed by atoms with Crippen LogP contribution < -0.4 is 5.69 Å². The van der Waals surface area contributed by atoms with Crippen molar-refractivity contribution < 1.29 is 0 Å². The summed E-state index contributed by atoms with van der Waals surface area (Å²) < 4.78 is 0. The highest BCUT2D eigenvalue weighted by molar-refractivity contribution is 6.34. The van der Waals surface area contributed by atoms with Crippen molar-refractivity contribution in [3.8, 4) is 0 Å². The van der Waals surface area contributed by atoms with Gasteiger partial charge in [-0.2, -0.15) is 0 Å². The first-order valence-corrected chi connectivity index (χ1v) is 3.52. The lowest BCUT2D eigenvalue weighted by Gasteiger charge is -1.88. The predicted molar refractivity (Wildman–Crippen MR) is 43.9 cm³/mol. The van der Waals surface area contributed by atoms with Gasteiger partial charge in [-0.25, -0.2) is 4.79 Å². The number of H-pyrrole nitrogens is 2. The first-order valence-electron chi connectivity index (χ1n) is 3.14. The minimum atomic E-state index is -0.229. The number of imidazole rings is 1. The summed E-state index contributed by atoms with van der Waals surface area (Å²) >= 11 is 5.78. The van der Waals surface area contributed by atoms with Crippen molar-refractivity contribution in [2.24, 2.45) is 0 Å². The van der Waals surface area contributed by atoms with E-state index in [-0.39, 0.29) is 5.69 Å². The van der Waals surface area contributed by atoms with Crippen molar-refractivity contribution in [2.45, 2.75) is 0 Å². The monoisotopic (exact) mass is 168 g/mol. The van der Waals surface area contributed by atoms with Gasteiger partial charge in [-0.05, 0) is 12.1 Å². The number of hydrogen-bond acceptors (Lipinski definition) is 1. The Kier molecular flexibility index (Phi) is 1.26. The third-order valence-electron chi connectivity index (χ3n) is 1.50. The number of aromatic amines is 2. The van der Waals surface area contributed by atoms with E-state index in [0.29, 0.717) is 10.5 Å². The Balaban J connectivity index is 3.01. The molecule has 0 bridgehead atoms. The Morgan fingerprint density at radius 1 is 1.27 bits per heavy atom. The second-order valence-corrected chi connectivity index (χ2v) is 2.65. The van der Waals surface area contributed by atoms with Crippen molar-refractivity contribution in [2.75, 3.05) is 0 Å². The van der Waals surface area contributed by atoms with Gasteiger partial charge in [0.2, 0.25) is 0 Å². The molecule has 3 nitrogen and oxygen atoms in total. The molecule has 0 radical (unpaired) electrons. The standard InChI is InChI=1S/C7H5ClN2O/c8-4-2-1-3-5-6(4)10-7(11)9-5/h1-3H,(H2,9,10,11). The highest BCUT2D eigenvalue weighted by atomic mass is 35.5. The van der Waals surface area contributed by atoms with E-state index in [9.17, 15) is 4.79 Å². The van der Waals surface area contributed by atoms with E-state index in [1.54, 1.807) is 18.2 Å². The summed E-state index contributed by atoms with van der Waals surface area (Å²) in [7, 11) is 0. The van der Waals surface area contributed by atoms with Crippen LogP contribution in [0.5, 0.6) is 0 Å². The quantitative estimate of drug-likeness (QED) is 0.616. The molecule has 1 heterocycles. The van der Waals surface area contributed by atoms with Gasteiger partial charge in [0.1, 0.15) is 0 Å². The summed E-state index contributed by atoms with van der Waals surface area (Å²) in [5.41, 5.74) is 1.18. The molecule has 0 fully saturated rings. The maximum absolute atomic E-state index is 10.8. The molecule has 4 heteroatoms. The number of hydrogen-bond donors (Lipinski definition) is 2. The van der Waals surface area contributed by atoms with Crippen molar-refractivity contribution in [3.63, 3.8) is 0 Å². The number of fused-ring (bicyclic) bond motifs is 1. The molecule has 1 aromatic carbocycles. The van der Waals surface area contributed by atoms with Gasteiger partial charge >= 0.3 is 5.69 Å². The minimum Gasteiger partial charge on any atom is -0.306 e. The zero-order chi connectivity index (χ0) is 7.84. The maximum atomic E-state index is 10.8. The van der Waals surface area contributed by atoms with E-state index in [0.717, 1.165) is 5.52 Å². The van der Waals surface area contributed by atoms with Crippen LogP contribution in [0.4, 0.5) is 0 Å². The van der Waals surface area contributed by atoms with E-state index in [1.165, 1.54) is 0 Å². The van der Waals surface area contributed by atoms with Crippen LogP contribution in [-0.4, -0.2) is 9.97 Å². The second-order valence-electron chi connectivity index (χ2n) is 2.24. The highest BCUT2D eigenvalue weighted by Crippen LogP contribution is 2.17. The summed E-state index contributed by atoms with van der Waals surface area (Å²) in [6.45, 7) is 0. The molecule has 11 heavy (non-hydrogen) atoms. The summed E-state index contributed by atoms with van der Waals surface area (Å²) in [6, 6.07) is 5.31. The van der Waals surface area contributed by atoms with E-state index >= 15 is 0 Å². The Bertz CT molecular complexity index is 443. The molecule has 0 atom stereocenters. The van der Waals surface area contributed by atoms with Crippen LogP contribution in [-0.2, 0) is 0 Å². The third-order valence-corrected chi connectivity index (χ3v) is 1.82. The topological polar surface area (TPSA) is 48.6 Å². The van der Waals surface area contributed by atoms with Crippen molar-refractivity contribution >= 4 is 22.6 Å². The minimum absolute atomic E-state index is 0.229. The molecule has 2 rings (SSSR count). The number of para-hydroxylation sites is 1. The average Bonchev–Trinajstić information content (AvgIpc) is 2.31. The zero-order valence-electron chi connectivity index (χ0n) is 5.52. The Morgan fingerprint density at radius 2 is 2.09 bits per heavy atom. The van der Waals surface area contributed by atoms with Gasteiger partial charge in [0.05, 0.1) is 16.1 Å². The Morgan fingerprint density at radius 3 is 2.82 bits per heavy atom. The van der Waals surface area contributed by atoms with E-state index in [2.05, 4.69) is 9.97 Å². The Hall–Kier alpha value is -1.22. The van der Waals surface area contributed by atoms with Crippen LogP contribution in [0.2, 0.25) is 5.02 Å². The molecule has 0 aliphatic heterocycles. The SMILES string of the molecule is O=c1[nH]c2cccc(Cl)c2[nH]1. The largest absolute Gasteiger partial charge is 0.323 e. The fourth-order valence-electron chi connectivity index (χ4n) is 1.02. The lowest BCUT2D eigenvalue weighted by molar-refractivity contribution is 1.22. The molecule has 0 aliphatic carbocycles. The van der Waals surface area contributed by atoms with Gasteiger partial charge < -0.3 is 9.97 Å². The van der Waals surface area contributed by atoms with Gasteiger partial charge in [-0.3, -0.25) is 0 Å². The van der Waals surface area contributed by atoms with Gasteiger partial charge in [0.25, 0.3) is 0 Å². The molecule has 0 saturated carbocycles. The van der Waals surface area contributed by atoms with Crippen LogP contribution in [0.25, 0.3) is 11.0 Å². The molecule has 0 amide bonds. The van der Waals surface area contributed by atoms with Crippen LogP contribution in [0, 0.1) is 0 Å². The fraction of sp³-hybridized carbons (Fsp3) is 0. The number of halogens is 1. The summed E-state index contributed by atoms with van der Waals surface area (Å²) in [5, 5.41) is 0.556. The lowest BCUT2D eigenvalue weighted by Crippen LogP contribution is -1.99. The van der Waals surface area contributed by atoms with Gasteiger partial charge in [0.15, 0.2) is 0 Å². The van der Waals surface area contributed by atoms with Gasteiger partial charge in [-0.15, -0.1) is 0 Å². The molecule has 56 valence electrons. The smallest absolute Gasteiger partial charge is 0.306 e. The first-order chi connectivity index (χ1) is 5.27. The van der Waals surface area contributed by atoms with Crippen molar-refractivity contribution in [1.29, 1.82) is 0 Å². The molecule has 0 unspecified atom stereocenters.